The second kappa shape index (κ2) is 8.94. The largest absolute Gasteiger partial charge is 0.369 e. The SMILES string of the molecule is O=C1NC(=O)C(O)(C2(O)C(=O)NC(=O)NC2=O)C(=O)N1.O=C1NC(=O)C(O)(C2(O)C(=O)NC(=O)NC2=O)C(=O)N1. The third-order valence-electron chi connectivity index (χ3n) is 5.49. The van der Waals surface area contributed by atoms with Crippen LogP contribution in [0.4, 0.5) is 19.2 Å². The summed E-state index contributed by atoms with van der Waals surface area (Å²) in [6.07, 6.45) is 0. The lowest BCUT2D eigenvalue weighted by Gasteiger charge is -2.40. The summed E-state index contributed by atoms with van der Waals surface area (Å²) in [5.41, 5.74) is -14.5. The molecule has 4 fully saturated rings. The van der Waals surface area contributed by atoms with Crippen LogP contribution in [0.1, 0.15) is 0 Å². The summed E-state index contributed by atoms with van der Waals surface area (Å²) in [6, 6.07) is -5.27. The summed E-state index contributed by atoms with van der Waals surface area (Å²) >= 11 is 0. The number of carbonyl (C=O) groups excluding carboxylic acids is 12. The zero-order chi connectivity index (χ0) is 30.6. The van der Waals surface area contributed by atoms with Crippen molar-refractivity contribution in [3.8, 4) is 0 Å². The summed E-state index contributed by atoms with van der Waals surface area (Å²) in [5, 5.41) is 51.2. The number of nitrogens with one attached hydrogen (secondary N) is 8. The Morgan fingerprint density at radius 1 is 0.275 bits per heavy atom. The number of imide groups is 8. The molecule has 0 aliphatic carbocycles. The average molecular weight is 572 g/mol. The minimum atomic E-state index is -3.63. The molecule has 24 heteroatoms. The van der Waals surface area contributed by atoms with Crippen LogP contribution >= 0.6 is 0 Å². The molecule has 0 bridgehead atoms. The Bertz CT molecular complexity index is 1110. The first kappa shape index (κ1) is 28.8. The number of barbiturate groups is 4. The molecule has 4 aliphatic heterocycles. The number of carbonyl (C=O) groups is 12. The molecule has 4 heterocycles. The molecule has 24 nitrogen and oxygen atoms in total. The summed E-state index contributed by atoms with van der Waals surface area (Å²) < 4.78 is 0. The van der Waals surface area contributed by atoms with Crippen molar-refractivity contribution in [1.29, 1.82) is 0 Å². The lowest BCUT2D eigenvalue weighted by Crippen LogP contribution is -2.84. The standard InChI is InChI=1S/2C8H6N4O8/c2*13-1-7(19,2(14)10-5(17)9-1)8(20)3(15)11-6(18)12-4(8)16/h2*19-20H,(H2,9,10,13,14,17)(H2,11,12,15,16,18). The Morgan fingerprint density at radius 2 is 0.375 bits per heavy atom. The molecule has 40 heavy (non-hydrogen) atoms. The number of hydrogen-bond donors (Lipinski definition) is 12. The summed E-state index contributed by atoms with van der Waals surface area (Å²) in [5.74, 6) is -14.4. The maximum absolute atomic E-state index is 11.6. The molecule has 0 atom stereocenters. The van der Waals surface area contributed by atoms with E-state index in [-0.39, 0.29) is 0 Å². The molecule has 12 N–H and O–H groups in total. The van der Waals surface area contributed by atoms with E-state index in [0.29, 0.717) is 0 Å². The fourth-order valence-electron chi connectivity index (χ4n) is 3.40. The van der Waals surface area contributed by atoms with Crippen LogP contribution in [0.2, 0.25) is 0 Å². The molecule has 4 rings (SSSR count). The minimum absolute atomic E-state index is 1.32. The average Bonchev–Trinajstić information content (AvgIpc) is 2.82. The Kier molecular flexibility index (Phi) is 6.45. The summed E-state index contributed by atoms with van der Waals surface area (Å²) in [4.78, 5) is 136. The second-order valence-electron chi connectivity index (χ2n) is 7.79. The van der Waals surface area contributed by atoms with E-state index in [9.17, 15) is 78.0 Å². The van der Waals surface area contributed by atoms with Gasteiger partial charge in [0.2, 0.25) is 0 Å². The summed E-state index contributed by atoms with van der Waals surface area (Å²) in [7, 11) is 0. The van der Waals surface area contributed by atoms with E-state index in [1.54, 1.807) is 0 Å². The maximum atomic E-state index is 11.6. The quantitative estimate of drug-likeness (QED) is 0.137. The van der Waals surface area contributed by atoms with E-state index in [0.717, 1.165) is 0 Å². The molecule has 212 valence electrons. The number of amides is 16. The van der Waals surface area contributed by atoms with Gasteiger partial charge in [-0.25, -0.2) is 19.2 Å². The topological polar surface area (TPSA) is 382 Å². The van der Waals surface area contributed by atoms with Crippen LogP contribution in [0.15, 0.2) is 0 Å². The van der Waals surface area contributed by atoms with Crippen molar-refractivity contribution in [2.75, 3.05) is 0 Å². The Balaban J connectivity index is 0.000000220. The molecule has 0 aromatic heterocycles. The van der Waals surface area contributed by atoms with E-state index < -0.39 is 93.8 Å². The lowest BCUT2D eigenvalue weighted by atomic mass is 9.77. The highest BCUT2D eigenvalue weighted by Gasteiger charge is 2.73. The van der Waals surface area contributed by atoms with Gasteiger partial charge >= 0.3 is 24.1 Å². The van der Waals surface area contributed by atoms with Crippen LogP contribution in [0.5, 0.6) is 0 Å². The Morgan fingerprint density at radius 3 is 0.475 bits per heavy atom. The molecule has 0 saturated carbocycles. The maximum Gasteiger partial charge on any atom is 0.328 e. The van der Waals surface area contributed by atoms with Crippen molar-refractivity contribution in [1.82, 2.24) is 42.5 Å². The highest BCUT2D eigenvalue weighted by Crippen LogP contribution is 2.29. The van der Waals surface area contributed by atoms with Crippen molar-refractivity contribution >= 4 is 71.4 Å². The third kappa shape index (κ3) is 3.71. The van der Waals surface area contributed by atoms with Gasteiger partial charge in [-0.2, -0.15) is 0 Å². The monoisotopic (exact) mass is 572 g/mol. The molecule has 0 aromatic rings. The van der Waals surface area contributed by atoms with Gasteiger partial charge in [0.1, 0.15) is 0 Å². The predicted molar refractivity (Wildman–Crippen MR) is 107 cm³/mol. The highest BCUT2D eigenvalue weighted by molar-refractivity contribution is 6.34. The van der Waals surface area contributed by atoms with Crippen molar-refractivity contribution in [3.05, 3.63) is 0 Å². The Labute approximate surface area is 215 Å². The number of urea groups is 4. The molecule has 0 aromatic carbocycles. The first-order chi connectivity index (χ1) is 18.3. The van der Waals surface area contributed by atoms with Gasteiger partial charge in [0, 0.05) is 0 Å². The summed E-state index contributed by atoms with van der Waals surface area (Å²) in [6.45, 7) is 0. The van der Waals surface area contributed by atoms with Gasteiger partial charge in [0.15, 0.2) is 0 Å². The van der Waals surface area contributed by atoms with Crippen LogP contribution in [0, 0.1) is 0 Å². The van der Waals surface area contributed by atoms with E-state index in [1.165, 1.54) is 42.5 Å². The van der Waals surface area contributed by atoms with Crippen LogP contribution in [0.3, 0.4) is 0 Å². The molecule has 16 amide bonds. The van der Waals surface area contributed by atoms with Gasteiger partial charge in [0.05, 0.1) is 0 Å². The highest BCUT2D eigenvalue weighted by atomic mass is 16.4. The van der Waals surface area contributed by atoms with Crippen molar-refractivity contribution in [2.45, 2.75) is 22.4 Å². The van der Waals surface area contributed by atoms with Crippen LogP contribution in [0.25, 0.3) is 0 Å². The second-order valence-corrected chi connectivity index (χ2v) is 7.79. The first-order valence-corrected chi connectivity index (χ1v) is 9.84. The molecular formula is C16H12N8O16. The zero-order valence-corrected chi connectivity index (χ0v) is 18.7. The van der Waals surface area contributed by atoms with Crippen molar-refractivity contribution < 1.29 is 78.0 Å². The van der Waals surface area contributed by atoms with Crippen molar-refractivity contribution in [2.24, 2.45) is 0 Å². The zero-order valence-electron chi connectivity index (χ0n) is 18.7. The van der Waals surface area contributed by atoms with Gasteiger partial charge in [-0.1, -0.05) is 0 Å². The van der Waals surface area contributed by atoms with Crippen LogP contribution < -0.4 is 42.5 Å². The molecule has 0 spiro atoms. The number of rotatable bonds is 2. The van der Waals surface area contributed by atoms with Gasteiger partial charge < -0.3 is 20.4 Å². The first-order valence-electron chi connectivity index (χ1n) is 9.84. The van der Waals surface area contributed by atoms with E-state index in [4.69, 9.17) is 0 Å². The molecule has 0 radical (unpaired) electrons. The van der Waals surface area contributed by atoms with Gasteiger partial charge in [-0.05, 0) is 0 Å². The van der Waals surface area contributed by atoms with Gasteiger partial charge in [-0.15, -0.1) is 0 Å². The minimum Gasteiger partial charge on any atom is -0.369 e. The normalized spacial score (nSPS) is 24.5. The Hall–Kier alpha value is -5.72. The predicted octanol–water partition coefficient (Wildman–Crippen LogP) is -9.64. The molecular weight excluding hydrogens is 560 g/mol. The lowest BCUT2D eigenvalue weighted by molar-refractivity contribution is -0.195. The van der Waals surface area contributed by atoms with Crippen LogP contribution in [-0.4, -0.2) is 114 Å². The molecule has 0 unspecified atom stereocenters. The third-order valence-corrected chi connectivity index (χ3v) is 5.49. The van der Waals surface area contributed by atoms with E-state index >= 15 is 0 Å². The molecule has 4 aliphatic rings. The molecule has 4 saturated heterocycles. The fraction of sp³-hybridized carbons (Fsp3) is 0.250. The number of hydrogen-bond acceptors (Lipinski definition) is 16. The fourth-order valence-corrected chi connectivity index (χ4v) is 3.40. The van der Waals surface area contributed by atoms with E-state index in [2.05, 4.69) is 0 Å². The van der Waals surface area contributed by atoms with Crippen LogP contribution in [-0.2, 0) is 38.4 Å². The number of aliphatic hydroxyl groups is 4. The van der Waals surface area contributed by atoms with Crippen molar-refractivity contribution in [3.63, 3.8) is 0 Å². The van der Waals surface area contributed by atoms with E-state index in [1.807, 2.05) is 0 Å². The van der Waals surface area contributed by atoms with Gasteiger partial charge in [-0.3, -0.25) is 80.9 Å². The smallest absolute Gasteiger partial charge is 0.328 e. The van der Waals surface area contributed by atoms with Gasteiger partial charge in [0.25, 0.3) is 69.7 Å².